The van der Waals surface area contributed by atoms with E-state index in [0.29, 0.717) is 11.8 Å². The molecule has 24 heavy (non-hydrogen) atoms. The van der Waals surface area contributed by atoms with Crippen molar-refractivity contribution in [1.82, 2.24) is 5.32 Å². The van der Waals surface area contributed by atoms with Gasteiger partial charge >= 0.3 is 0 Å². The smallest absolute Gasteiger partial charge is 0.261 e. The second-order valence-electron chi connectivity index (χ2n) is 5.84. The summed E-state index contributed by atoms with van der Waals surface area (Å²) in [6.45, 7) is 4.07. The number of amides is 1. The minimum absolute atomic E-state index is 0.159. The minimum Gasteiger partial charge on any atom is -0.370 e. The van der Waals surface area contributed by atoms with Gasteiger partial charge < -0.3 is 5.73 Å². The Morgan fingerprint density at radius 3 is 2.54 bits per heavy atom. The molecule has 5 N–H and O–H groups in total. The zero-order valence-corrected chi connectivity index (χ0v) is 14.8. The first-order chi connectivity index (χ1) is 11.0. The monoisotopic (exact) mass is 353 g/mol. The summed E-state index contributed by atoms with van der Waals surface area (Å²) in [5, 5.41) is 9.53. The van der Waals surface area contributed by atoms with E-state index < -0.39 is 10.1 Å². The van der Waals surface area contributed by atoms with Gasteiger partial charge in [-0.1, -0.05) is 30.7 Å². The van der Waals surface area contributed by atoms with Crippen LogP contribution in [-0.4, -0.2) is 31.1 Å². The maximum atomic E-state index is 12.1. The molecule has 1 atom stereocenters. The molecule has 1 aliphatic rings. The summed E-state index contributed by atoms with van der Waals surface area (Å²) in [7, 11) is -3.67. The van der Waals surface area contributed by atoms with E-state index in [1.54, 1.807) is 0 Å². The number of aryl methyl sites for hydroxylation is 2. The van der Waals surface area contributed by atoms with Crippen LogP contribution in [0.4, 0.5) is 0 Å². The van der Waals surface area contributed by atoms with Gasteiger partial charge in [-0.15, -0.1) is 0 Å². The second-order valence-corrected chi connectivity index (χ2v) is 7.31. The van der Waals surface area contributed by atoms with Crippen molar-refractivity contribution in [2.24, 2.45) is 11.7 Å². The van der Waals surface area contributed by atoms with Gasteiger partial charge in [-0.05, 0) is 42.9 Å². The number of fused-ring (bicyclic) bond motifs is 1. The summed E-state index contributed by atoms with van der Waals surface area (Å²) in [5.74, 6) is -0.423. The highest BCUT2D eigenvalue weighted by atomic mass is 32.2. The molecule has 0 heterocycles. The first kappa shape index (κ1) is 19.9. The van der Waals surface area contributed by atoms with Gasteiger partial charge in [-0.3, -0.25) is 20.1 Å². The first-order valence-corrected chi connectivity index (χ1v) is 9.21. The predicted molar refractivity (Wildman–Crippen MR) is 94.2 cm³/mol. The van der Waals surface area contributed by atoms with Crippen molar-refractivity contribution >= 4 is 28.1 Å². The number of carbonyl (C=O) groups is 1. The van der Waals surface area contributed by atoms with E-state index in [2.05, 4.69) is 23.5 Å². The van der Waals surface area contributed by atoms with Crippen LogP contribution in [0.2, 0.25) is 0 Å². The lowest BCUT2D eigenvalue weighted by Crippen LogP contribution is -2.37. The van der Waals surface area contributed by atoms with Crippen molar-refractivity contribution < 1.29 is 17.8 Å². The Morgan fingerprint density at radius 1 is 1.42 bits per heavy atom. The summed E-state index contributed by atoms with van der Waals surface area (Å²) >= 11 is 0. The normalized spacial score (nSPS) is 16.7. The fraction of sp³-hybridized carbons (Fsp3) is 0.375. The summed E-state index contributed by atoms with van der Waals surface area (Å²) < 4.78 is 25.9. The van der Waals surface area contributed by atoms with E-state index in [0.717, 1.165) is 18.4 Å². The molecule has 1 aromatic carbocycles. The molecule has 1 unspecified atom stereocenters. The third-order valence-electron chi connectivity index (χ3n) is 3.50. The third-order valence-corrected chi connectivity index (χ3v) is 3.50. The second kappa shape index (κ2) is 8.07. The van der Waals surface area contributed by atoms with E-state index in [-0.39, 0.29) is 17.8 Å². The lowest BCUT2D eigenvalue weighted by Gasteiger charge is -2.12. The van der Waals surface area contributed by atoms with Crippen molar-refractivity contribution in [1.29, 1.82) is 5.41 Å². The maximum Gasteiger partial charge on any atom is 0.261 e. The Kier molecular flexibility index (Phi) is 6.68. The minimum atomic E-state index is -3.67. The Balaban J connectivity index is 0.000000505. The molecule has 8 heteroatoms. The number of benzene rings is 1. The molecular formula is C16H23N3O4S. The Labute approximate surface area is 142 Å². The van der Waals surface area contributed by atoms with E-state index in [9.17, 15) is 13.2 Å². The SMILES string of the molecule is CS(=O)(=O)O.Cc1ccc2c(c1)C=C(C(=O)NC(=N)N)C(C)CC2. The average molecular weight is 353 g/mol. The highest BCUT2D eigenvalue weighted by molar-refractivity contribution is 7.85. The number of rotatable bonds is 1. The molecular weight excluding hydrogens is 330 g/mol. The van der Waals surface area contributed by atoms with Crippen LogP contribution in [0.5, 0.6) is 0 Å². The zero-order valence-electron chi connectivity index (χ0n) is 14.0. The molecule has 0 saturated carbocycles. The van der Waals surface area contributed by atoms with E-state index >= 15 is 0 Å². The van der Waals surface area contributed by atoms with Crippen LogP contribution in [0, 0.1) is 18.3 Å². The molecule has 7 nitrogen and oxygen atoms in total. The van der Waals surface area contributed by atoms with Crippen LogP contribution >= 0.6 is 0 Å². The Morgan fingerprint density at radius 2 is 2.00 bits per heavy atom. The Bertz CT molecular complexity index is 762. The van der Waals surface area contributed by atoms with Crippen LogP contribution in [0.1, 0.15) is 30.0 Å². The number of nitrogens with two attached hydrogens (primary N) is 1. The van der Waals surface area contributed by atoms with Crippen molar-refractivity contribution in [2.45, 2.75) is 26.7 Å². The van der Waals surface area contributed by atoms with Crippen molar-refractivity contribution in [3.05, 3.63) is 40.5 Å². The summed E-state index contributed by atoms with van der Waals surface area (Å²) in [6.07, 6.45) is 4.53. The van der Waals surface area contributed by atoms with Gasteiger partial charge in [0.05, 0.1) is 6.26 Å². The van der Waals surface area contributed by atoms with Gasteiger partial charge in [-0.2, -0.15) is 8.42 Å². The molecule has 0 aromatic heterocycles. The molecule has 1 aromatic rings. The quantitative estimate of drug-likeness (QED) is 0.345. The van der Waals surface area contributed by atoms with Gasteiger partial charge in [0.2, 0.25) is 0 Å². The van der Waals surface area contributed by atoms with Gasteiger partial charge in [0.1, 0.15) is 0 Å². The number of carbonyl (C=O) groups excluding carboxylic acids is 1. The molecule has 0 spiro atoms. The van der Waals surface area contributed by atoms with E-state index in [4.69, 9.17) is 15.7 Å². The molecule has 1 amide bonds. The van der Waals surface area contributed by atoms with Gasteiger partial charge in [0, 0.05) is 5.57 Å². The molecule has 1 aliphatic carbocycles. The molecule has 132 valence electrons. The van der Waals surface area contributed by atoms with Crippen LogP contribution in [0.25, 0.3) is 6.08 Å². The van der Waals surface area contributed by atoms with Crippen LogP contribution in [-0.2, 0) is 21.3 Å². The third kappa shape index (κ3) is 6.93. The van der Waals surface area contributed by atoms with Crippen LogP contribution in [0.15, 0.2) is 23.8 Å². The fourth-order valence-electron chi connectivity index (χ4n) is 2.40. The largest absolute Gasteiger partial charge is 0.370 e. The van der Waals surface area contributed by atoms with Crippen molar-refractivity contribution in [3.63, 3.8) is 0 Å². The lowest BCUT2D eigenvalue weighted by atomic mass is 9.96. The highest BCUT2D eigenvalue weighted by Gasteiger charge is 2.21. The number of guanidine groups is 1. The molecule has 2 rings (SSSR count). The van der Waals surface area contributed by atoms with E-state index in [1.807, 2.05) is 19.9 Å². The highest BCUT2D eigenvalue weighted by Crippen LogP contribution is 2.28. The molecule has 0 bridgehead atoms. The number of hydrogen-bond donors (Lipinski definition) is 4. The van der Waals surface area contributed by atoms with Gasteiger partial charge in [0.15, 0.2) is 5.96 Å². The van der Waals surface area contributed by atoms with Gasteiger partial charge in [0.25, 0.3) is 16.0 Å². The summed E-state index contributed by atoms with van der Waals surface area (Å²) in [4.78, 5) is 12.1. The average Bonchev–Trinajstić information content (AvgIpc) is 2.55. The first-order valence-electron chi connectivity index (χ1n) is 7.36. The van der Waals surface area contributed by atoms with Crippen molar-refractivity contribution in [2.75, 3.05) is 6.26 Å². The van der Waals surface area contributed by atoms with Crippen LogP contribution < -0.4 is 11.1 Å². The molecule has 0 radical (unpaired) electrons. The zero-order chi connectivity index (χ0) is 18.5. The molecule has 0 saturated heterocycles. The number of nitrogens with one attached hydrogen (secondary N) is 2. The topological polar surface area (TPSA) is 133 Å². The fourth-order valence-corrected chi connectivity index (χ4v) is 2.40. The predicted octanol–water partition coefficient (Wildman–Crippen LogP) is 1.47. The summed E-state index contributed by atoms with van der Waals surface area (Å²) in [5.41, 5.74) is 9.46. The summed E-state index contributed by atoms with van der Waals surface area (Å²) in [6, 6.07) is 6.31. The number of hydrogen-bond acceptors (Lipinski definition) is 4. The van der Waals surface area contributed by atoms with E-state index in [1.165, 1.54) is 11.1 Å². The van der Waals surface area contributed by atoms with Gasteiger partial charge in [-0.25, -0.2) is 0 Å². The van der Waals surface area contributed by atoms with Crippen LogP contribution in [0.3, 0.4) is 0 Å². The maximum absolute atomic E-state index is 12.1. The molecule has 0 aliphatic heterocycles. The Hall–Kier alpha value is -2.19. The standard InChI is InChI=1S/C15H19N3O.CH4O3S/c1-9-3-5-11-6-4-10(2)13(8-12(11)7-9)14(19)18-15(16)17;1-5(2,3)4/h3,5,7-8,10H,4,6H2,1-2H3,(H4,16,17,18,19);1H3,(H,2,3,4). The van der Waals surface area contributed by atoms with Crippen molar-refractivity contribution in [3.8, 4) is 0 Å². The molecule has 0 fully saturated rings. The lowest BCUT2D eigenvalue weighted by molar-refractivity contribution is -0.116.